The van der Waals surface area contributed by atoms with Crippen LogP contribution in [0.1, 0.15) is 24.1 Å². The van der Waals surface area contributed by atoms with Gasteiger partial charge in [-0.3, -0.25) is 4.79 Å². The second-order valence-electron chi connectivity index (χ2n) is 6.55. The first kappa shape index (κ1) is 18.4. The Morgan fingerprint density at radius 3 is 2.50 bits per heavy atom. The van der Waals surface area contributed by atoms with Crippen LogP contribution in [0.15, 0.2) is 48.7 Å². The molecule has 1 unspecified atom stereocenters. The molecule has 138 valence electrons. The van der Waals surface area contributed by atoms with Crippen molar-refractivity contribution in [2.45, 2.75) is 19.5 Å². The van der Waals surface area contributed by atoms with Crippen molar-refractivity contribution < 1.29 is 4.79 Å². The molecule has 1 aromatic carbocycles. The Kier molecular flexibility index (Phi) is 6.20. The first-order valence-corrected chi connectivity index (χ1v) is 9.18. The Balaban J connectivity index is 1.51. The van der Waals surface area contributed by atoms with Crippen molar-refractivity contribution in [3.63, 3.8) is 0 Å². The van der Waals surface area contributed by atoms with Crippen LogP contribution in [-0.4, -0.2) is 48.5 Å². The molecule has 0 radical (unpaired) electrons. The maximum atomic E-state index is 12.2. The summed E-state index contributed by atoms with van der Waals surface area (Å²) < 4.78 is 0. The van der Waals surface area contributed by atoms with E-state index >= 15 is 0 Å². The van der Waals surface area contributed by atoms with Crippen LogP contribution in [0.5, 0.6) is 0 Å². The minimum absolute atomic E-state index is 0.184. The number of nitrogens with two attached hydrogens (primary N) is 1. The minimum atomic E-state index is -0.654. The zero-order valence-corrected chi connectivity index (χ0v) is 15.3. The number of nitrogens with one attached hydrogen (secondary N) is 1. The van der Waals surface area contributed by atoms with E-state index in [0.717, 1.165) is 49.7 Å². The number of aromatic nitrogens is 1. The van der Waals surface area contributed by atoms with Gasteiger partial charge in [0.2, 0.25) is 5.91 Å². The predicted molar refractivity (Wildman–Crippen MR) is 104 cm³/mol. The maximum Gasteiger partial charge on any atom is 0.241 e. The molecule has 1 saturated heterocycles. The first-order chi connectivity index (χ1) is 12.7. The molecule has 0 bridgehead atoms. The van der Waals surface area contributed by atoms with Gasteiger partial charge in [0.1, 0.15) is 11.9 Å². The van der Waals surface area contributed by atoms with E-state index in [9.17, 15) is 4.79 Å². The molecule has 6 nitrogen and oxygen atoms in total. The van der Waals surface area contributed by atoms with E-state index in [1.54, 1.807) is 0 Å². The summed E-state index contributed by atoms with van der Waals surface area (Å²) in [4.78, 5) is 21.5. The quantitative estimate of drug-likeness (QED) is 0.824. The Bertz CT molecular complexity index is 696. The Morgan fingerprint density at radius 2 is 1.88 bits per heavy atom. The summed E-state index contributed by atoms with van der Waals surface area (Å²) in [7, 11) is 0. The van der Waals surface area contributed by atoms with Gasteiger partial charge in [-0.05, 0) is 23.7 Å². The van der Waals surface area contributed by atoms with Crippen LogP contribution in [0.4, 0.5) is 5.82 Å². The average Bonchev–Trinajstić information content (AvgIpc) is 2.72. The average molecular weight is 353 g/mol. The van der Waals surface area contributed by atoms with Gasteiger partial charge in [-0.15, -0.1) is 0 Å². The highest BCUT2D eigenvalue weighted by Gasteiger charge is 2.17. The van der Waals surface area contributed by atoms with Crippen molar-refractivity contribution in [1.29, 1.82) is 0 Å². The summed E-state index contributed by atoms with van der Waals surface area (Å²) in [5.74, 6) is 0.813. The zero-order valence-electron chi connectivity index (χ0n) is 15.3. The van der Waals surface area contributed by atoms with Gasteiger partial charge >= 0.3 is 0 Å². The first-order valence-electron chi connectivity index (χ1n) is 9.18. The highest BCUT2D eigenvalue weighted by Crippen LogP contribution is 2.14. The van der Waals surface area contributed by atoms with E-state index in [1.165, 1.54) is 0 Å². The lowest BCUT2D eigenvalue weighted by Gasteiger charge is -2.34. The number of rotatable bonds is 6. The second kappa shape index (κ2) is 8.78. The zero-order chi connectivity index (χ0) is 18.4. The topological polar surface area (TPSA) is 74.5 Å². The van der Waals surface area contributed by atoms with Crippen molar-refractivity contribution in [2.75, 3.05) is 37.6 Å². The smallest absolute Gasteiger partial charge is 0.241 e. The van der Waals surface area contributed by atoms with E-state index in [4.69, 9.17) is 5.73 Å². The molecule has 3 rings (SSSR count). The van der Waals surface area contributed by atoms with Gasteiger partial charge in [0.25, 0.3) is 0 Å². The number of benzene rings is 1. The largest absolute Gasteiger partial charge is 0.354 e. The number of piperazine rings is 1. The molecule has 1 aliphatic rings. The molecule has 0 aliphatic carbocycles. The van der Waals surface area contributed by atoms with Gasteiger partial charge in [0.15, 0.2) is 0 Å². The van der Waals surface area contributed by atoms with Crippen LogP contribution < -0.4 is 16.0 Å². The maximum absolute atomic E-state index is 12.2. The van der Waals surface area contributed by atoms with Crippen molar-refractivity contribution in [2.24, 2.45) is 5.73 Å². The van der Waals surface area contributed by atoms with E-state index in [0.29, 0.717) is 6.54 Å². The van der Waals surface area contributed by atoms with E-state index in [1.807, 2.05) is 48.7 Å². The van der Waals surface area contributed by atoms with Crippen LogP contribution >= 0.6 is 0 Å². The number of anilines is 1. The Hall–Kier alpha value is -2.44. The molecular formula is C20H27N5O. The summed E-state index contributed by atoms with van der Waals surface area (Å²) >= 11 is 0. The Labute approximate surface area is 155 Å². The summed E-state index contributed by atoms with van der Waals surface area (Å²) in [5.41, 5.74) is 7.79. The van der Waals surface area contributed by atoms with Crippen molar-refractivity contribution in [1.82, 2.24) is 15.2 Å². The normalized spacial score (nSPS) is 16.3. The number of pyridine rings is 1. The number of carbonyl (C=O) groups is 1. The molecule has 2 aromatic rings. The van der Waals surface area contributed by atoms with E-state index < -0.39 is 6.04 Å². The number of carbonyl (C=O) groups excluding carboxylic acids is 1. The minimum Gasteiger partial charge on any atom is -0.354 e. The molecule has 2 heterocycles. The van der Waals surface area contributed by atoms with Crippen molar-refractivity contribution >= 4 is 11.7 Å². The number of likely N-dealkylation sites (N-methyl/N-ethyl adjacent to an activating group) is 1. The third kappa shape index (κ3) is 4.59. The fraction of sp³-hybridized carbons (Fsp3) is 0.400. The number of hydrogen-bond acceptors (Lipinski definition) is 5. The molecule has 0 spiro atoms. The lowest BCUT2D eigenvalue weighted by Crippen LogP contribution is -2.46. The third-order valence-corrected chi connectivity index (χ3v) is 4.86. The molecule has 1 aliphatic heterocycles. The van der Waals surface area contributed by atoms with Crippen molar-refractivity contribution in [3.8, 4) is 0 Å². The van der Waals surface area contributed by atoms with Gasteiger partial charge in [0.05, 0.1) is 0 Å². The van der Waals surface area contributed by atoms with Crippen LogP contribution in [-0.2, 0) is 11.3 Å². The standard InChI is InChI=1S/C20H27N5O/c1-2-24-10-12-25(13-11-24)18-9-8-16(14-22-18)15-23-20(26)19(21)17-6-4-3-5-7-17/h3-9,14,19H,2,10-13,15,21H2,1H3,(H,23,26). The van der Waals surface area contributed by atoms with Gasteiger partial charge < -0.3 is 20.9 Å². The third-order valence-electron chi connectivity index (χ3n) is 4.86. The van der Waals surface area contributed by atoms with Crippen molar-refractivity contribution in [3.05, 3.63) is 59.8 Å². The van der Waals surface area contributed by atoms with Gasteiger partial charge in [-0.1, -0.05) is 43.3 Å². The van der Waals surface area contributed by atoms with E-state index in [-0.39, 0.29) is 5.91 Å². The molecule has 1 atom stereocenters. The molecule has 1 amide bonds. The van der Waals surface area contributed by atoms with Gasteiger partial charge in [-0.2, -0.15) is 0 Å². The highest BCUT2D eigenvalue weighted by atomic mass is 16.2. The molecule has 3 N–H and O–H groups in total. The Morgan fingerprint density at radius 1 is 1.15 bits per heavy atom. The van der Waals surface area contributed by atoms with Crippen LogP contribution in [0.3, 0.4) is 0 Å². The van der Waals surface area contributed by atoms with E-state index in [2.05, 4.69) is 27.0 Å². The lowest BCUT2D eigenvalue weighted by atomic mass is 10.1. The highest BCUT2D eigenvalue weighted by molar-refractivity contribution is 5.82. The predicted octanol–water partition coefficient (Wildman–Crippen LogP) is 1.54. The lowest BCUT2D eigenvalue weighted by molar-refractivity contribution is -0.122. The SMILES string of the molecule is CCN1CCN(c2ccc(CNC(=O)C(N)c3ccccc3)cn2)CC1. The van der Waals surface area contributed by atoms with Crippen LogP contribution in [0.2, 0.25) is 0 Å². The molecule has 1 aromatic heterocycles. The summed E-state index contributed by atoms with van der Waals surface area (Å²) in [6, 6.07) is 12.8. The fourth-order valence-corrected chi connectivity index (χ4v) is 3.11. The second-order valence-corrected chi connectivity index (χ2v) is 6.55. The fourth-order valence-electron chi connectivity index (χ4n) is 3.11. The molecule has 1 fully saturated rings. The molecule has 26 heavy (non-hydrogen) atoms. The summed E-state index contributed by atoms with van der Waals surface area (Å²) in [5, 5.41) is 2.89. The molecule has 6 heteroatoms. The number of amides is 1. The summed E-state index contributed by atoms with van der Waals surface area (Å²) in [6.07, 6.45) is 1.83. The monoisotopic (exact) mass is 353 g/mol. The van der Waals surface area contributed by atoms with Crippen LogP contribution in [0, 0.1) is 0 Å². The van der Waals surface area contributed by atoms with Gasteiger partial charge in [-0.25, -0.2) is 4.98 Å². The van der Waals surface area contributed by atoms with Crippen LogP contribution in [0.25, 0.3) is 0 Å². The van der Waals surface area contributed by atoms with Gasteiger partial charge in [0, 0.05) is 38.9 Å². The number of nitrogens with zero attached hydrogens (tertiary/aromatic N) is 3. The molecular weight excluding hydrogens is 326 g/mol. The number of hydrogen-bond donors (Lipinski definition) is 2. The molecule has 0 saturated carbocycles. The summed E-state index contributed by atoms with van der Waals surface area (Å²) in [6.45, 7) is 7.88.